The molecule has 3 aliphatic carbocycles. The molecule has 1 aromatic heterocycles. The molecule has 0 aliphatic heterocycles. The summed E-state index contributed by atoms with van der Waals surface area (Å²) in [5.74, 6) is 0.0278. The van der Waals surface area contributed by atoms with Crippen molar-refractivity contribution in [1.82, 2.24) is 4.57 Å². The molecule has 2 N–H and O–H groups in total. The van der Waals surface area contributed by atoms with Crippen LogP contribution >= 0.6 is 0 Å². The molecule has 2 aromatic rings. The van der Waals surface area contributed by atoms with Gasteiger partial charge in [0, 0.05) is 23.6 Å². The number of nitrogens with two attached hydrogens (primary N) is 1. The predicted molar refractivity (Wildman–Crippen MR) is 93.8 cm³/mol. The summed E-state index contributed by atoms with van der Waals surface area (Å²) in [6, 6.07) is 4.06. The zero-order valence-corrected chi connectivity index (χ0v) is 14.8. The van der Waals surface area contributed by atoms with E-state index in [1.165, 1.54) is 25.3 Å². The Kier molecular flexibility index (Phi) is 3.86. The van der Waals surface area contributed by atoms with Crippen LogP contribution in [0.5, 0.6) is 0 Å². The number of halogens is 3. The van der Waals surface area contributed by atoms with Crippen LogP contribution in [0.1, 0.15) is 60.1 Å². The highest BCUT2D eigenvalue weighted by molar-refractivity contribution is 6.09. The van der Waals surface area contributed by atoms with Crippen molar-refractivity contribution in [3.8, 4) is 0 Å². The molecule has 2 bridgehead atoms. The van der Waals surface area contributed by atoms with Crippen molar-refractivity contribution in [2.24, 2.45) is 24.1 Å². The molecule has 0 spiro atoms. The van der Waals surface area contributed by atoms with E-state index in [2.05, 4.69) is 0 Å². The van der Waals surface area contributed by atoms with Crippen molar-refractivity contribution >= 4 is 16.8 Å². The second-order valence-corrected chi connectivity index (χ2v) is 8.10. The quantitative estimate of drug-likeness (QED) is 0.835. The van der Waals surface area contributed by atoms with Crippen LogP contribution < -0.4 is 5.73 Å². The average molecular weight is 364 g/mol. The van der Waals surface area contributed by atoms with Gasteiger partial charge < -0.3 is 10.3 Å². The fourth-order valence-electron chi connectivity index (χ4n) is 5.21. The first-order valence-corrected chi connectivity index (χ1v) is 9.19. The fourth-order valence-corrected chi connectivity index (χ4v) is 5.21. The Bertz CT molecular complexity index is 860. The Hall–Kier alpha value is -1.98. The number of rotatable bonds is 3. The Morgan fingerprint density at radius 3 is 2.38 bits per heavy atom. The minimum Gasteiger partial charge on any atom is -0.366 e. The molecule has 5 rings (SSSR count). The zero-order chi connectivity index (χ0) is 18.7. The lowest BCUT2D eigenvalue weighted by atomic mass is 9.59. The van der Waals surface area contributed by atoms with E-state index in [-0.39, 0.29) is 16.4 Å². The van der Waals surface area contributed by atoms with Gasteiger partial charge in [-0.05, 0) is 68.4 Å². The van der Waals surface area contributed by atoms with Crippen LogP contribution in [0.2, 0.25) is 0 Å². The number of hydrogen-bond acceptors (Lipinski definition) is 1. The molecule has 3 saturated carbocycles. The summed E-state index contributed by atoms with van der Waals surface area (Å²) in [5, 5.41) is -0.0501. The molecule has 1 heterocycles. The minimum absolute atomic E-state index is 0.0501. The predicted octanol–water partition coefficient (Wildman–Crippen LogP) is 4.81. The molecule has 0 saturated heterocycles. The Morgan fingerprint density at radius 2 is 1.85 bits per heavy atom. The second-order valence-electron chi connectivity index (χ2n) is 8.10. The Balaban J connectivity index is 1.91. The molecule has 0 atom stereocenters. The molecule has 3 nitrogen and oxygen atoms in total. The number of hydrogen-bond donors (Lipinski definition) is 1. The molecule has 6 heteroatoms. The normalized spacial score (nSPS) is 25.8. The highest BCUT2D eigenvalue weighted by Gasteiger charge is 2.42. The number of fused-ring (bicyclic) bond motifs is 4. The van der Waals surface area contributed by atoms with Crippen LogP contribution in [-0.4, -0.2) is 10.5 Å². The molecule has 1 aromatic carbocycles. The van der Waals surface area contributed by atoms with Gasteiger partial charge in [0.2, 0.25) is 0 Å². The van der Waals surface area contributed by atoms with Crippen molar-refractivity contribution < 1.29 is 18.0 Å². The fraction of sp³-hybridized carbons (Fsp3) is 0.550. The van der Waals surface area contributed by atoms with E-state index >= 15 is 0 Å². The third kappa shape index (κ3) is 2.61. The number of amides is 1. The van der Waals surface area contributed by atoms with E-state index in [4.69, 9.17) is 5.73 Å². The van der Waals surface area contributed by atoms with E-state index in [1.807, 2.05) is 0 Å². The number of nitrogens with zero attached hydrogens (tertiary/aromatic N) is 1. The smallest absolute Gasteiger partial charge is 0.366 e. The molecule has 3 fully saturated rings. The van der Waals surface area contributed by atoms with Crippen LogP contribution in [0.15, 0.2) is 18.2 Å². The summed E-state index contributed by atoms with van der Waals surface area (Å²) < 4.78 is 42.4. The maximum atomic E-state index is 13.5. The number of carbonyl (C=O) groups is 1. The first-order chi connectivity index (χ1) is 12.2. The van der Waals surface area contributed by atoms with E-state index in [0.717, 1.165) is 31.2 Å². The minimum atomic E-state index is -4.52. The van der Waals surface area contributed by atoms with Crippen LogP contribution in [0.4, 0.5) is 13.2 Å². The molecule has 0 radical (unpaired) electrons. The highest BCUT2D eigenvalue weighted by atomic mass is 19.4. The first kappa shape index (κ1) is 17.4. The molecule has 140 valence electrons. The van der Waals surface area contributed by atoms with Crippen LogP contribution in [0.25, 0.3) is 10.9 Å². The number of carbonyl (C=O) groups excluding carboxylic acids is 1. The second kappa shape index (κ2) is 5.76. The molecule has 0 unspecified atom stereocenters. The van der Waals surface area contributed by atoms with E-state index < -0.39 is 17.6 Å². The molecule has 26 heavy (non-hydrogen) atoms. The molecular weight excluding hydrogens is 341 g/mol. The van der Waals surface area contributed by atoms with Gasteiger partial charge in [-0.25, -0.2) is 0 Å². The standard InChI is InChI=1S/C20H23F3N2O/c1-25-14-4-2-3-13(20(21,22)23)16(14)17(18(24)26)15(25)11-19-8-5-12(6-9-19)7-10-19/h2-4,12H,5-11H2,1H3,(H2,24,26). The van der Waals surface area contributed by atoms with Gasteiger partial charge in [-0.1, -0.05) is 6.07 Å². The Labute approximate surface area is 150 Å². The average Bonchev–Trinajstić information content (AvgIpc) is 2.87. The van der Waals surface area contributed by atoms with Crippen molar-refractivity contribution in [1.29, 1.82) is 0 Å². The van der Waals surface area contributed by atoms with Crippen molar-refractivity contribution in [2.45, 2.75) is 51.1 Å². The van der Waals surface area contributed by atoms with Gasteiger partial charge >= 0.3 is 6.18 Å². The zero-order valence-electron chi connectivity index (χ0n) is 14.8. The van der Waals surface area contributed by atoms with Crippen molar-refractivity contribution in [3.63, 3.8) is 0 Å². The summed E-state index contributed by atoms with van der Waals surface area (Å²) in [6.07, 6.45) is 2.91. The van der Waals surface area contributed by atoms with Crippen molar-refractivity contribution in [2.75, 3.05) is 0 Å². The van der Waals surface area contributed by atoms with Gasteiger partial charge in [0.25, 0.3) is 5.91 Å². The molecule has 3 aliphatic rings. The third-order valence-corrected chi connectivity index (χ3v) is 6.69. The van der Waals surface area contributed by atoms with Crippen LogP contribution in [0, 0.1) is 11.3 Å². The van der Waals surface area contributed by atoms with Gasteiger partial charge in [0.1, 0.15) is 0 Å². The van der Waals surface area contributed by atoms with Gasteiger partial charge in [-0.3, -0.25) is 4.79 Å². The van der Waals surface area contributed by atoms with Gasteiger partial charge in [0.15, 0.2) is 0 Å². The third-order valence-electron chi connectivity index (χ3n) is 6.69. The van der Waals surface area contributed by atoms with Crippen LogP contribution in [0.3, 0.4) is 0 Å². The summed E-state index contributed by atoms with van der Waals surface area (Å²) in [5.41, 5.74) is 6.03. The number of alkyl halides is 3. The van der Waals surface area contributed by atoms with Gasteiger partial charge in [0.05, 0.1) is 11.1 Å². The number of aryl methyl sites for hydroxylation is 1. The lowest BCUT2D eigenvalue weighted by Crippen LogP contribution is -2.36. The summed E-state index contributed by atoms with van der Waals surface area (Å²) in [4.78, 5) is 12.2. The van der Waals surface area contributed by atoms with E-state index in [1.54, 1.807) is 17.7 Å². The number of aromatic nitrogens is 1. The van der Waals surface area contributed by atoms with Crippen LogP contribution in [-0.2, 0) is 19.6 Å². The van der Waals surface area contributed by atoms with Gasteiger partial charge in [-0.15, -0.1) is 0 Å². The maximum absolute atomic E-state index is 13.5. The summed E-state index contributed by atoms with van der Waals surface area (Å²) >= 11 is 0. The SMILES string of the molecule is Cn1c(CC23CCC(CC2)CC3)c(C(N)=O)c2c(C(F)(F)F)cccc21. The lowest BCUT2D eigenvalue weighted by molar-refractivity contribution is -0.136. The monoisotopic (exact) mass is 364 g/mol. The first-order valence-electron chi connectivity index (χ1n) is 9.19. The molecule has 1 amide bonds. The number of primary amides is 1. The number of benzene rings is 1. The lowest BCUT2D eigenvalue weighted by Gasteiger charge is -2.47. The highest BCUT2D eigenvalue weighted by Crippen LogP contribution is 2.52. The summed E-state index contributed by atoms with van der Waals surface area (Å²) in [7, 11) is 1.75. The topological polar surface area (TPSA) is 48.0 Å². The van der Waals surface area contributed by atoms with E-state index in [9.17, 15) is 18.0 Å². The summed E-state index contributed by atoms with van der Waals surface area (Å²) in [6.45, 7) is 0. The maximum Gasteiger partial charge on any atom is 0.417 e. The van der Waals surface area contributed by atoms with Gasteiger partial charge in [-0.2, -0.15) is 13.2 Å². The Morgan fingerprint density at radius 1 is 1.23 bits per heavy atom. The van der Waals surface area contributed by atoms with E-state index in [0.29, 0.717) is 17.6 Å². The molecular formula is C20H23F3N2O. The largest absolute Gasteiger partial charge is 0.417 e. The van der Waals surface area contributed by atoms with Crippen molar-refractivity contribution in [3.05, 3.63) is 35.0 Å².